The van der Waals surface area contributed by atoms with E-state index in [0.29, 0.717) is 0 Å². The van der Waals surface area contributed by atoms with E-state index < -0.39 is 0 Å². The Kier molecular flexibility index (Phi) is 5.54. The van der Waals surface area contributed by atoms with E-state index in [9.17, 15) is 0 Å². The van der Waals surface area contributed by atoms with E-state index in [1.807, 2.05) is 0 Å². The molecule has 1 aromatic carbocycles. The fourth-order valence-electron chi connectivity index (χ4n) is 2.06. The van der Waals surface area contributed by atoms with Crippen LogP contribution in [0.25, 0.3) is 0 Å². The van der Waals surface area contributed by atoms with Gasteiger partial charge in [-0.25, -0.2) is 0 Å². The Balaban J connectivity index is 2.57. The Bertz CT molecular complexity index is 283. The molecule has 0 bridgehead atoms. The first-order valence-electron chi connectivity index (χ1n) is 6.38. The molecule has 0 fully saturated rings. The largest absolute Gasteiger partial charge is 0.305 e. The summed E-state index contributed by atoms with van der Waals surface area (Å²) in [5.41, 5.74) is 2.88. The molecule has 1 nitrogen and oxygen atoms in total. The molecule has 0 aliphatic rings. The van der Waals surface area contributed by atoms with Crippen LogP contribution in [0.1, 0.15) is 37.8 Å². The fraction of sp³-hybridized carbons (Fsp3) is 0.600. The molecular weight excluding hydrogens is 194 g/mol. The Hall–Kier alpha value is -0.820. The molecule has 0 heterocycles. The lowest BCUT2D eigenvalue weighted by molar-refractivity contribution is 0.402. The normalized spacial score (nSPS) is 11.4. The van der Waals surface area contributed by atoms with Crippen LogP contribution in [0.15, 0.2) is 24.3 Å². The zero-order valence-electron chi connectivity index (χ0n) is 11.2. The van der Waals surface area contributed by atoms with Crippen molar-refractivity contribution in [1.82, 2.24) is 4.90 Å². The summed E-state index contributed by atoms with van der Waals surface area (Å²) in [6.07, 6.45) is 3.81. The molecule has 0 amide bonds. The maximum Gasteiger partial charge on any atom is 0.0227 e. The molecule has 0 saturated carbocycles. The summed E-state index contributed by atoms with van der Waals surface area (Å²) in [6, 6.07) is 9.10. The molecule has 0 aliphatic heterocycles. The van der Waals surface area contributed by atoms with E-state index in [4.69, 9.17) is 0 Å². The van der Waals surface area contributed by atoms with Gasteiger partial charge in [-0.15, -0.1) is 0 Å². The second kappa shape index (κ2) is 6.70. The van der Waals surface area contributed by atoms with Gasteiger partial charge in [-0.1, -0.05) is 51.0 Å². The van der Waals surface area contributed by atoms with Gasteiger partial charge in [0.2, 0.25) is 0 Å². The van der Waals surface area contributed by atoms with Crippen molar-refractivity contribution in [1.29, 1.82) is 0 Å². The highest BCUT2D eigenvalue weighted by atomic mass is 15.0. The van der Waals surface area contributed by atoms with Crippen molar-refractivity contribution < 1.29 is 0 Å². The van der Waals surface area contributed by atoms with Gasteiger partial charge in [-0.05, 0) is 37.6 Å². The van der Waals surface area contributed by atoms with Crippen LogP contribution in [0.2, 0.25) is 0 Å². The first-order chi connectivity index (χ1) is 7.65. The standard InChI is InChI=1S/C15H25N/c1-5-13(6-2)11-14-7-9-15(10-8-14)12-16(3)4/h7-10,13H,5-6,11-12H2,1-4H3. The molecule has 0 aliphatic carbocycles. The van der Waals surface area contributed by atoms with Gasteiger partial charge in [0, 0.05) is 6.54 Å². The molecule has 0 saturated heterocycles. The van der Waals surface area contributed by atoms with Crippen molar-refractivity contribution in [2.75, 3.05) is 14.1 Å². The lowest BCUT2D eigenvalue weighted by atomic mass is 9.94. The summed E-state index contributed by atoms with van der Waals surface area (Å²) in [6.45, 7) is 5.61. The van der Waals surface area contributed by atoms with Crippen LogP contribution in [-0.2, 0) is 13.0 Å². The highest BCUT2D eigenvalue weighted by molar-refractivity contribution is 5.22. The smallest absolute Gasteiger partial charge is 0.0227 e. The van der Waals surface area contributed by atoms with Crippen molar-refractivity contribution in [2.45, 2.75) is 39.7 Å². The number of hydrogen-bond acceptors (Lipinski definition) is 1. The van der Waals surface area contributed by atoms with Gasteiger partial charge in [0.15, 0.2) is 0 Å². The lowest BCUT2D eigenvalue weighted by Gasteiger charge is -2.13. The number of benzene rings is 1. The summed E-state index contributed by atoms with van der Waals surface area (Å²) in [5, 5.41) is 0. The van der Waals surface area contributed by atoms with Crippen LogP contribution in [0.5, 0.6) is 0 Å². The molecule has 16 heavy (non-hydrogen) atoms. The Labute approximate surface area is 100 Å². The first kappa shape index (κ1) is 13.2. The number of nitrogens with zero attached hydrogens (tertiary/aromatic N) is 1. The van der Waals surface area contributed by atoms with Crippen LogP contribution in [0, 0.1) is 5.92 Å². The molecule has 0 unspecified atom stereocenters. The minimum Gasteiger partial charge on any atom is -0.305 e. The molecule has 0 atom stereocenters. The molecule has 0 N–H and O–H groups in total. The predicted octanol–water partition coefficient (Wildman–Crippen LogP) is 3.73. The second-order valence-corrected chi connectivity index (χ2v) is 4.94. The van der Waals surface area contributed by atoms with E-state index in [2.05, 4.69) is 57.1 Å². The molecule has 90 valence electrons. The van der Waals surface area contributed by atoms with E-state index in [-0.39, 0.29) is 0 Å². The van der Waals surface area contributed by atoms with Crippen molar-refractivity contribution in [2.24, 2.45) is 5.92 Å². The van der Waals surface area contributed by atoms with Gasteiger partial charge in [0.1, 0.15) is 0 Å². The van der Waals surface area contributed by atoms with Crippen LogP contribution >= 0.6 is 0 Å². The van der Waals surface area contributed by atoms with Crippen molar-refractivity contribution in [3.63, 3.8) is 0 Å². The van der Waals surface area contributed by atoms with Crippen LogP contribution in [0.3, 0.4) is 0 Å². The molecular formula is C15H25N. The van der Waals surface area contributed by atoms with E-state index >= 15 is 0 Å². The monoisotopic (exact) mass is 219 g/mol. The number of rotatable bonds is 6. The molecule has 0 aromatic heterocycles. The van der Waals surface area contributed by atoms with Crippen molar-refractivity contribution in [3.05, 3.63) is 35.4 Å². The SMILES string of the molecule is CCC(CC)Cc1ccc(CN(C)C)cc1. The summed E-state index contributed by atoms with van der Waals surface area (Å²) < 4.78 is 0. The maximum atomic E-state index is 2.29. The Morgan fingerprint density at radius 1 is 0.938 bits per heavy atom. The second-order valence-electron chi connectivity index (χ2n) is 4.94. The zero-order valence-corrected chi connectivity index (χ0v) is 11.2. The van der Waals surface area contributed by atoms with Gasteiger partial charge in [0.25, 0.3) is 0 Å². The summed E-state index contributed by atoms with van der Waals surface area (Å²) >= 11 is 0. The lowest BCUT2D eigenvalue weighted by Crippen LogP contribution is -2.10. The third-order valence-corrected chi connectivity index (χ3v) is 3.20. The third kappa shape index (κ3) is 4.36. The minimum atomic E-state index is 0.847. The van der Waals surface area contributed by atoms with Gasteiger partial charge in [-0.3, -0.25) is 0 Å². The van der Waals surface area contributed by atoms with Crippen molar-refractivity contribution >= 4 is 0 Å². The number of hydrogen-bond donors (Lipinski definition) is 0. The average Bonchev–Trinajstić information content (AvgIpc) is 2.27. The topological polar surface area (TPSA) is 3.24 Å². The molecule has 1 heteroatoms. The molecule has 1 rings (SSSR count). The fourth-order valence-corrected chi connectivity index (χ4v) is 2.06. The minimum absolute atomic E-state index is 0.847. The van der Waals surface area contributed by atoms with E-state index in [0.717, 1.165) is 12.5 Å². The summed E-state index contributed by atoms with van der Waals surface area (Å²) in [4.78, 5) is 2.20. The molecule has 0 spiro atoms. The van der Waals surface area contributed by atoms with Crippen LogP contribution in [-0.4, -0.2) is 19.0 Å². The summed E-state index contributed by atoms with van der Waals surface area (Å²) in [5.74, 6) is 0.847. The summed E-state index contributed by atoms with van der Waals surface area (Å²) in [7, 11) is 4.22. The Morgan fingerprint density at radius 2 is 1.44 bits per heavy atom. The first-order valence-corrected chi connectivity index (χ1v) is 6.38. The molecule has 0 radical (unpaired) electrons. The van der Waals surface area contributed by atoms with E-state index in [1.165, 1.54) is 30.4 Å². The van der Waals surface area contributed by atoms with Gasteiger partial charge < -0.3 is 4.90 Å². The average molecular weight is 219 g/mol. The van der Waals surface area contributed by atoms with E-state index in [1.54, 1.807) is 0 Å². The molecule has 1 aromatic rings. The van der Waals surface area contributed by atoms with Crippen molar-refractivity contribution in [3.8, 4) is 0 Å². The van der Waals surface area contributed by atoms with Gasteiger partial charge >= 0.3 is 0 Å². The maximum absolute atomic E-state index is 2.29. The van der Waals surface area contributed by atoms with Gasteiger partial charge in [-0.2, -0.15) is 0 Å². The Morgan fingerprint density at radius 3 is 1.88 bits per heavy atom. The highest BCUT2D eigenvalue weighted by Crippen LogP contribution is 2.16. The van der Waals surface area contributed by atoms with Crippen LogP contribution < -0.4 is 0 Å². The third-order valence-electron chi connectivity index (χ3n) is 3.20. The highest BCUT2D eigenvalue weighted by Gasteiger charge is 2.04. The van der Waals surface area contributed by atoms with Crippen LogP contribution in [0.4, 0.5) is 0 Å². The van der Waals surface area contributed by atoms with Gasteiger partial charge in [0.05, 0.1) is 0 Å². The predicted molar refractivity (Wildman–Crippen MR) is 71.6 cm³/mol. The quantitative estimate of drug-likeness (QED) is 0.704. The zero-order chi connectivity index (χ0) is 12.0.